The number of fused-ring (bicyclic) bond motifs is 1. The molecule has 1 aromatic rings. The van der Waals surface area contributed by atoms with E-state index >= 15 is 0 Å². The maximum atomic E-state index is 12.9. The molecule has 0 bridgehead atoms. The minimum absolute atomic E-state index is 0.204. The Bertz CT molecular complexity index is 836. The van der Waals surface area contributed by atoms with Gasteiger partial charge in [-0.05, 0) is 42.3 Å². The number of allylic oxidation sites excluding steroid dienone is 2. The average Bonchev–Trinajstić information content (AvgIpc) is 2.90. The first-order valence-electron chi connectivity index (χ1n) is 8.79. The second kappa shape index (κ2) is 7.75. The van der Waals surface area contributed by atoms with Crippen molar-refractivity contribution in [2.45, 2.75) is 18.8 Å². The van der Waals surface area contributed by atoms with Gasteiger partial charge in [-0.25, -0.2) is 9.79 Å². The summed E-state index contributed by atoms with van der Waals surface area (Å²) in [5, 5.41) is 9.84. The van der Waals surface area contributed by atoms with Gasteiger partial charge in [0, 0.05) is 23.5 Å². The van der Waals surface area contributed by atoms with Crippen molar-refractivity contribution >= 4 is 29.7 Å². The summed E-state index contributed by atoms with van der Waals surface area (Å²) in [5.41, 5.74) is 1.84. The molecule has 1 aromatic carbocycles. The fraction of sp³-hybridized carbons (Fsp3) is 0.263. The third-order valence-corrected chi connectivity index (χ3v) is 4.69. The number of dihydropyridines is 1. The monoisotopic (exact) mass is 385 g/mol. The molecule has 4 rings (SSSR count). The molecule has 3 N–H and O–H groups in total. The number of halogens is 1. The molecule has 2 amide bonds. The highest BCUT2D eigenvalue weighted by Crippen LogP contribution is 2.26. The number of benzene rings is 1. The number of amides is 2. The molecular weight excluding hydrogens is 366 g/mol. The maximum absolute atomic E-state index is 12.9. The zero-order chi connectivity index (χ0) is 18.6. The van der Waals surface area contributed by atoms with E-state index in [2.05, 4.69) is 20.9 Å². The smallest absolute Gasteiger partial charge is 0.321 e. The lowest BCUT2D eigenvalue weighted by Crippen LogP contribution is -2.54. The minimum atomic E-state index is -0.388. The summed E-state index contributed by atoms with van der Waals surface area (Å²) < 4.78 is 5.84. The van der Waals surface area contributed by atoms with Gasteiger partial charge >= 0.3 is 6.03 Å². The number of nitrogens with one attached hydrogen (secondary N) is 3. The third-order valence-electron chi connectivity index (χ3n) is 4.45. The van der Waals surface area contributed by atoms with Crippen LogP contribution in [0, 0.1) is 0 Å². The van der Waals surface area contributed by atoms with Gasteiger partial charge in [-0.3, -0.25) is 4.90 Å². The molecular formula is C19H20ClN5O2. The number of nitrogens with zero attached hydrogens (tertiary/aromatic N) is 2. The molecule has 1 saturated heterocycles. The Kier molecular flexibility index (Phi) is 5.02. The van der Waals surface area contributed by atoms with E-state index in [1.807, 2.05) is 36.4 Å². The standard InChI is InChI=1S/C19H20ClN5O2/c20-14-4-1-3-13(11-14)15-5-6-16-18(23-15)25(9-2-10-27-16)19(26)24-17-7-8-21-12-22-17/h1,3-8,11-12,17-18,23H,2,9-10H2,(H,21,22)(H,24,26). The van der Waals surface area contributed by atoms with Crippen LogP contribution in [-0.2, 0) is 4.74 Å². The summed E-state index contributed by atoms with van der Waals surface area (Å²) >= 11 is 6.12. The van der Waals surface area contributed by atoms with Gasteiger partial charge in [0.25, 0.3) is 0 Å². The van der Waals surface area contributed by atoms with Gasteiger partial charge < -0.3 is 20.7 Å². The van der Waals surface area contributed by atoms with Crippen LogP contribution in [0.25, 0.3) is 5.70 Å². The zero-order valence-electron chi connectivity index (χ0n) is 14.6. The molecule has 0 spiro atoms. The Labute approximate surface area is 162 Å². The molecule has 8 heteroatoms. The van der Waals surface area contributed by atoms with Crippen molar-refractivity contribution in [3.05, 3.63) is 65.0 Å². The van der Waals surface area contributed by atoms with Crippen molar-refractivity contribution < 1.29 is 9.53 Å². The molecule has 27 heavy (non-hydrogen) atoms. The topological polar surface area (TPSA) is 78.0 Å². The summed E-state index contributed by atoms with van der Waals surface area (Å²) in [6, 6.07) is 7.38. The van der Waals surface area contributed by atoms with E-state index in [4.69, 9.17) is 16.3 Å². The molecule has 140 valence electrons. The van der Waals surface area contributed by atoms with E-state index in [1.54, 1.807) is 23.5 Å². The Balaban J connectivity index is 1.55. The first-order valence-corrected chi connectivity index (χ1v) is 9.17. The normalized spacial score (nSPS) is 23.7. The lowest BCUT2D eigenvalue weighted by molar-refractivity contribution is 0.157. The molecule has 0 aromatic heterocycles. The molecule has 0 radical (unpaired) electrons. The predicted octanol–water partition coefficient (Wildman–Crippen LogP) is 2.40. The Morgan fingerprint density at radius 2 is 2.30 bits per heavy atom. The van der Waals surface area contributed by atoms with E-state index in [0.29, 0.717) is 18.2 Å². The van der Waals surface area contributed by atoms with Crippen LogP contribution in [0.5, 0.6) is 0 Å². The SMILES string of the molecule is O=C(NC1C=CNC=N1)N1CCCOC2=CC=C(c3cccc(Cl)c3)NC21. The van der Waals surface area contributed by atoms with E-state index in [9.17, 15) is 4.79 Å². The molecule has 3 aliphatic heterocycles. The molecule has 7 nitrogen and oxygen atoms in total. The van der Waals surface area contributed by atoms with Gasteiger partial charge in [0.15, 0.2) is 6.17 Å². The number of ether oxygens (including phenoxy) is 1. The second-order valence-electron chi connectivity index (χ2n) is 6.30. The highest BCUT2D eigenvalue weighted by molar-refractivity contribution is 6.30. The highest BCUT2D eigenvalue weighted by atomic mass is 35.5. The van der Waals surface area contributed by atoms with E-state index in [0.717, 1.165) is 23.4 Å². The summed E-state index contributed by atoms with van der Waals surface area (Å²) in [6.45, 7) is 1.14. The quantitative estimate of drug-likeness (QED) is 0.730. The lowest BCUT2D eigenvalue weighted by atomic mass is 10.1. The van der Waals surface area contributed by atoms with Gasteiger partial charge in [-0.15, -0.1) is 0 Å². The molecule has 1 fully saturated rings. The fourth-order valence-corrected chi connectivity index (χ4v) is 3.34. The van der Waals surface area contributed by atoms with Gasteiger partial charge in [-0.2, -0.15) is 0 Å². The Morgan fingerprint density at radius 3 is 3.11 bits per heavy atom. The van der Waals surface area contributed by atoms with Gasteiger partial charge in [0.05, 0.1) is 12.9 Å². The van der Waals surface area contributed by atoms with Crippen LogP contribution in [0.1, 0.15) is 12.0 Å². The second-order valence-corrected chi connectivity index (χ2v) is 6.74. The summed E-state index contributed by atoms with van der Waals surface area (Å²) in [7, 11) is 0. The lowest BCUT2D eigenvalue weighted by Gasteiger charge is -2.34. The predicted molar refractivity (Wildman–Crippen MR) is 105 cm³/mol. The van der Waals surface area contributed by atoms with Crippen LogP contribution < -0.4 is 16.0 Å². The number of hydrogen-bond donors (Lipinski definition) is 3. The van der Waals surface area contributed by atoms with Crippen LogP contribution in [0.15, 0.2) is 59.4 Å². The largest absolute Gasteiger partial charge is 0.494 e. The number of carbonyl (C=O) groups is 1. The Hall–Kier alpha value is -2.93. The molecule has 2 atom stereocenters. The number of carbonyl (C=O) groups excluding carboxylic acids is 1. The van der Waals surface area contributed by atoms with Crippen LogP contribution in [-0.4, -0.2) is 42.8 Å². The van der Waals surface area contributed by atoms with Gasteiger partial charge in [0.1, 0.15) is 11.9 Å². The number of hydrogen-bond acceptors (Lipinski definition) is 5. The molecule has 2 unspecified atom stereocenters. The summed E-state index contributed by atoms with van der Waals surface area (Å²) in [5.74, 6) is 0.720. The molecule has 0 aliphatic carbocycles. The van der Waals surface area contributed by atoms with Crippen molar-refractivity contribution in [1.82, 2.24) is 20.9 Å². The minimum Gasteiger partial charge on any atom is -0.494 e. The molecule has 3 aliphatic rings. The van der Waals surface area contributed by atoms with Crippen LogP contribution in [0.3, 0.4) is 0 Å². The number of aliphatic imine (C=N–C) groups is 1. The maximum Gasteiger partial charge on any atom is 0.321 e. The van der Waals surface area contributed by atoms with E-state index in [-0.39, 0.29) is 18.4 Å². The van der Waals surface area contributed by atoms with Crippen molar-refractivity contribution in [2.24, 2.45) is 4.99 Å². The first-order chi connectivity index (χ1) is 13.2. The number of rotatable bonds is 2. The Morgan fingerprint density at radius 1 is 1.37 bits per heavy atom. The first kappa shape index (κ1) is 17.5. The van der Waals surface area contributed by atoms with Gasteiger partial charge in [-0.1, -0.05) is 23.7 Å². The van der Waals surface area contributed by atoms with Crippen molar-refractivity contribution in [3.63, 3.8) is 0 Å². The van der Waals surface area contributed by atoms with Crippen LogP contribution in [0.2, 0.25) is 5.02 Å². The van der Waals surface area contributed by atoms with Crippen molar-refractivity contribution in [1.29, 1.82) is 0 Å². The van der Waals surface area contributed by atoms with Crippen molar-refractivity contribution in [2.75, 3.05) is 13.2 Å². The molecule has 3 heterocycles. The van der Waals surface area contributed by atoms with Gasteiger partial charge in [0.2, 0.25) is 0 Å². The highest BCUT2D eigenvalue weighted by Gasteiger charge is 2.33. The number of urea groups is 1. The summed E-state index contributed by atoms with van der Waals surface area (Å²) in [6.07, 6.45) is 8.91. The van der Waals surface area contributed by atoms with Crippen LogP contribution in [0.4, 0.5) is 4.79 Å². The average molecular weight is 386 g/mol. The molecule has 0 saturated carbocycles. The third kappa shape index (κ3) is 3.93. The summed E-state index contributed by atoms with van der Waals surface area (Å²) in [4.78, 5) is 18.8. The van der Waals surface area contributed by atoms with Crippen molar-refractivity contribution in [3.8, 4) is 0 Å². The van der Waals surface area contributed by atoms with Crippen LogP contribution >= 0.6 is 11.6 Å². The van der Waals surface area contributed by atoms with E-state index in [1.165, 1.54) is 0 Å². The zero-order valence-corrected chi connectivity index (χ0v) is 15.3. The van der Waals surface area contributed by atoms with E-state index < -0.39 is 0 Å². The fourth-order valence-electron chi connectivity index (χ4n) is 3.15.